The summed E-state index contributed by atoms with van der Waals surface area (Å²) in [5.74, 6) is 2.76. The highest BCUT2D eigenvalue weighted by molar-refractivity contribution is 6.32. The van der Waals surface area contributed by atoms with E-state index in [0.29, 0.717) is 10.9 Å². The van der Waals surface area contributed by atoms with Crippen molar-refractivity contribution in [2.75, 3.05) is 18.0 Å². The average molecular weight is 329 g/mol. The molecule has 6 heteroatoms. The summed E-state index contributed by atoms with van der Waals surface area (Å²) in [4.78, 5) is 15.4. The summed E-state index contributed by atoms with van der Waals surface area (Å²) in [6.45, 7) is 3.66. The van der Waals surface area contributed by atoms with Gasteiger partial charge in [0.25, 0.3) is 0 Å². The van der Waals surface area contributed by atoms with E-state index in [9.17, 15) is 0 Å². The minimum absolute atomic E-state index is 0.348. The third kappa shape index (κ3) is 2.77. The second-order valence-electron chi connectivity index (χ2n) is 5.87. The molecule has 1 aromatic carbocycles. The molecule has 3 heterocycles. The largest absolute Gasteiger partial charge is 0.440 e. The van der Waals surface area contributed by atoms with Crippen LogP contribution in [0.3, 0.4) is 0 Å². The number of halogens is 1. The molecule has 0 unspecified atom stereocenters. The van der Waals surface area contributed by atoms with E-state index in [1.165, 1.54) is 0 Å². The summed E-state index contributed by atoms with van der Waals surface area (Å²) in [5.41, 5.74) is 1.79. The van der Waals surface area contributed by atoms with Crippen molar-refractivity contribution >= 4 is 28.5 Å². The maximum absolute atomic E-state index is 6.24. The molecule has 1 fully saturated rings. The third-order valence-corrected chi connectivity index (χ3v) is 4.57. The smallest absolute Gasteiger partial charge is 0.198 e. The molecule has 1 saturated heterocycles. The van der Waals surface area contributed by atoms with Crippen LogP contribution in [0.1, 0.15) is 30.5 Å². The van der Waals surface area contributed by atoms with E-state index in [1.54, 1.807) is 6.20 Å². The third-order valence-electron chi connectivity index (χ3n) is 4.30. The zero-order chi connectivity index (χ0) is 15.8. The molecular weight excluding hydrogens is 312 g/mol. The van der Waals surface area contributed by atoms with Crippen molar-refractivity contribution in [3.63, 3.8) is 0 Å². The molecule has 0 aliphatic carbocycles. The summed E-state index contributed by atoms with van der Waals surface area (Å²) >= 11 is 6.24. The fraction of sp³-hybridized carbons (Fsp3) is 0.353. The van der Waals surface area contributed by atoms with Crippen LogP contribution in [0, 0.1) is 6.92 Å². The molecule has 1 aliphatic heterocycles. The van der Waals surface area contributed by atoms with Gasteiger partial charge in [0.2, 0.25) is 0 Å². The van der Waals surface area contributed by atoms with Gasteiger partial charge in [-0.15, -0.1) is 0 Å². The zero-order valence-electron chi connectivity index (χ0n) is 12.9. The number of piperidine rings is 1. The van der Waals surface area contributed by atoms with Crippen molar-refractivity contribution in [2.45, 2.75) is 25.7 Å². The molecule has 0 amide bonds. The lowest BCUT2D eigenvalue weighted by atomic mass is 9.97. The van der Waals surface area contributed by atoms with Gasteiger partial charge in [0.1, 0.15) is 16.4 Å². The Kier molecular flexibility index (Phi) is 3.65. The van der Waals surface area contributed by atoms with Crippen LogP contribution in [0.25, 0.3) is 11.1 Å². The molecule has 0 atom stereocenters. The number of oxazole rings is 1. The van der Waals surface area contributed by atoms with Crippen LogP contribution in [-0.4, -0.2) is 28.0 Å². The molecular formula is C17H17ClN4O. The minimum atomic E-state index is 0.348. The first kappa shape index (κ1) is 14.5. The van der Waals surface area contributed by atoms with Crippen molar-refractivity contribution in [1.29, 1.82) is 0 Å². The molecule has 0 radical (unpaired) electrons. The maximum atomic E-state index is 6.24. The number of aromatic nitrogens is 3. The molecule has 0 bridgehead atoms. The van der Waals surface area contributed by atoms with Crippen LogP contribution in [0.4, 0.5) is 5.82 Å². The van der Waals surface area contributed by atoms with E-state index in [4.69, 9.17) is 16.0 Å². The first-order valence-corrected chi connectivity index (χ1v) is 8.18. The average Bonchev–Trinajstić information content (AvgIpc) is 3.01. The van der Waals surface area contributed by atoms with E-state index in [1.807, 2.05) is 31.2 Å². The summed E-state index contributed by atoms with van der Waals surface area (Å²) in [6.07, 6.45) is 3.63. The van der Waals surface area contributed by atoms with E-state index in [2.05, 4.69) is 19.9 Å². The van der Waals surface area contributed by atoms with Gasteiger partial charge >= 0.3 is 0 Å². The first-order valence-electron chi connectivity index (χ1n) is 7.80. The Bertz CT molecular complexity index is 806. The number of rotatable bonds is 2. The predicted molar refractivity (Wildman–Crippen MR) is 90.0 cm³/mol. The molecule has 23 heavy (non-hydrogen) atoms. The van der Waals surface area contributed by atoms with Crippen LogP contribution in [-0.2, 0) is 0 Å². The van der Waals surface area contributed by atoms with Crippen LogP contribution in [0.5, 0.6) is 0 Å². The number of benzene rings is 1. The quantitative estimate of drug-likeness (QED) is 0.712. The fourth-order valence-corrected chi connectivity index (χ4v) is 3.28. The van der Waals surface area contributed by atoms with Crippen molar-refractivity contribution < 1.29 is 4.42 Å². The SMILES string of the molecule is Cc1ncc(Cl)c(N2CCC(c3nc4ccccc4o3)CC2)n1. The van der Waals surface area contributed by atoms with Gasteiger partial charge in [-0.25, -0.2) is 15.0 Å². The van der Waals surface area contributed by atoms with Crippen molar-refractivity contribution in [3.05, 3.63) is 47.2 Å². The molecule has 3 aromatic rings. The summed E-state index contributed by atoms with van der Waals surface area (Å²) in [7, 11) is 0. The van der Waals surface area contributed by atoms with Gasteiger partial charge in [-0.05, 0) is 31.9 Å². The first-order chi connectivity index (χ1) is 11.2. The van der Waals surface area contributed by atoms with Gasteiger partial charge < -0.3 is 9.32 Å². The highest BCUT2D eigenvalue weighted by Gasteiger charge is 2.26. The Balaban J connectivity index is 1.51. The Morgan fingerprint density at radius 1 is 1.17 bits per heavy atom. The molecule has 0 N–H and O–H groups in total. The van der Waals surface area contributed by atoms with Crippen LogP contribution in [0.2, 0.25) is 5.02 Å². The summed E-state index contributed by atoms with van der Waals surface area (Å²) in [5, 5.41) is 0.607. The molecule has 0 spiro atoms. The number of aryl methyl sites for hydroxylation is 1. The maximum Gasteiger partial charge on any atom is 0.198 e. The van der Waals surface area contributed by atoms with Gasteiger partial charge in [-0.3, -0.25) is 0 Å². The Morgan fingerprint density at radius 2 is 1.96 bits per heavy atom. The lowest BCUT2D eigenvalue weighted by molar-refractivity contribution is 0.406. The van der Waals surface area contributed by atoms with Gasteiger partial charge in [0.05, 0.1) is 6.20 Å². The molecule has 0 saturated carbocycles. The normalized spacial score (nSPS) is 16.2. The second-order valence-corrected chi connectivity index (χ2v) is 6.28. The lowest BCUT2D eigenvalue weighted by Crippen LogP contribution is -2.34. The lowest BCUT2D eigenvalue weighted by Gasteiger charge is -2.31. The monoisotopic (exact) mass is 328 g/mol. The van der Waals surface area contributed by atoms with E-state index in [-0.39, 0.29) is 0 Å². The van der Waals surface area contributed by atoms with Crippen molar-refractivity contribution in [1.82, 2.24) is 15.0 Å². The van der Waals surface area contributed by atoms with Crippen LogP contribution in [0.15, 0.2) is 34.9 Å². The number of para-hydroxylation sites is 2. The van der Waals surface area contributed by atoms with Gasteiger partial charge in [0.15, 0.2) is 17.3 Å². The Hall–Kier alpha value is -2.14. The minimum Gasteiger partial charge on any atom is -0.440 e. The van der Waals surface area contributed by atoms with Gasteiger partial charge in [-0.1, -0.05) is 23.7 Å². The van der Waals surface area contributed by atoms with Crippen LogP contribution >= 0.6 is 11.6 Å². The number of hydrogen-bond donors (Lipinski definition) is 0. The highest BCUT2D eigenvalue weighted by Crippen LogP contribution is 2.33. The molecule has 4 rings (SSSR count). The van der Waals surface area contributed by atoms with E-state index >= 15 is 0 Å². The Labute approximate surface area is 139 Å². The van der Waals surface area contributed by atoms with Gasteiger partial charge in [-0.2, -0.15) is 0 Å². The number of hydrogen-bond acceptors (Lipinski definition) is 5. The van der Waals surface area contributed by atoms with Crippen molar-refractivity contribution in [3.8, 4) is 0 Å². The zero-order valence-corrected chi connectivity index (χ0v) is 13.6. The van der Waals surface area contributed by atoms with Crippen molar-refractivity contribution in [2.24, 2.45) is 0 Å². The summed E-state index contributed by atoms with van der Waals surface area (Å²) < 4.78 is 5.91. The molecule has 118 valence electrons. The number of anilines is 1. The summed E-state index contributed by atoms with van der Waals surface area (Å²) in [6, 6.07) is 7.90. The van der Waals surface area contributed by atoms with E-state index < -0.39 is 0 Å². The molecule has 5 nitrogen and oxygen atoms in total. The topological polar surface area (TPSA) is 55.1 Å². The number of nitrogens with zero attached hydrogens (tertiary/aromatic N) is 4. The highest BCUT2D eigenvalue weighted by atomic mass is 35.5. The molecule has 1 aliphatic rings. The molecule has 2 aromatic heterocycles. The van der Waals surface area contributed by atoms with Gasteiger partial charge in [0, 0.05) is 19.0 Å². The fourth-order valence-electron chi connectivity index (χ4n) is 3.07. The Morgan fingerprint density at radius 3 is 2.74 bits per heavy atom. The predicted octanol–water partition coefficient (Wildman–Crippen LogP) is 3.96. The standard InChI is InChI=1S/C17H17ClN4O/c1-11-19-10-13(18)16(20-11)22-8-6-12(7-9-22)17-21-14-4-2-3-5-15(14)23-17/h2-5,10,12H,6-9H2,1H3. The van der Waals surface area contributed by atoms with E-state index in [0.717, 1.165) is 54.6 Å². The number of fused-ring (bicyclic) bond motifs is 1. The second kappa shape index (κ2) is 5.81. The van der Waals surface area contributed by atoms with Crippen LogP contribution < -0.4 is 4.90 Å².